The summed E-state index contributed by atoms with van der Waals surface area (Å²) in [4.78, 5) is 44.7. The van der Waals surface area contributed by atoms with Gasteiger partial charge in [-0.3, -0.25) is 14.5 Å². The molecule has 2 fully saturated rings. The summed E-state index contributed by atoms with van der Waals surface area (Å²) in [5.74, 6) is 0.172. The number of piperidine rings is 1. The summed E-state index contributed by atoms with van der Waals surface area (Å²) < 4.78 is 0. The van der Waals surface area contributed by atoms with E-state index < -0.39 is 5.54 Å². The van der Waals surface area contributed by atoms with Crippen LogP contribution in [0.15, 0.2) is 42.5 Å². The average molecular weight is 410 g/mol. The van der Waals surface area contributed by atoms with Gasteiger partial charge in [-0.1, -0.05) is 49.4 Å². The molecule has 4 amide bonds. The Balaban J connectivity index is 1.53. The number of hydrogen-bond donors (Lipinski definition) is 0. The predicted octanol–water partition coefficient (Wildman–Crippen LogP) is 3.58. The second kappa shape index (κ2) is 8.62. The van der Waals surface area contributed by atoms with Crippen molar-refractivity contribution in [3.8, 4) is 0 Å². The average Bonchev–Trinajstić information content (AvgIpc) is 2.97. The molecule has 0 N–H and O–H groups in total. The fourth-order valence-corrected chi connectivity index (χ4v) is 5.04. The molecule has 1 aliphatic carbocycles. The van der Waals surface area contributed by atoms with Crippen molar-refractivity contribution in [2.75, 3.05) is 19.6 Å². The molecule has 1 unspecified atom stereocenters. The zero-order valence-electron chi connectivity index (χ0n) is 17.8. The molecule has 6 heteroatoms. The van der Waals surface area contributed by atoms with Gasteiger partial charge in [0.15, 0.2) is 0 Å². The number of allylic oxidation sites excluding steroid dienone is 2. The number of benzene rings is 1. The summed E-state index contributed by atoms with van der Waals surface area (Å²) >= 11 is 0. The highest BCUT2D eigenvalue weighted by Gasteiger charge is 2.58. The Kier molecular flexibility index (Phi) is 5.93. The van der Waals surface area contributed by atoms with Crippen LogP contribution in [0.5, 0.6) is 0 Å². The maximum Gasteiger partial charge on any atom is 0.327 e. The smallest absolute Gasteiger partial charge is 0.327 e. The van der Waals surface area contributed by atoms with Crippen molar-refractivity contribution >= 4 is 17.8 Å². The van der Waals surface area contributed by atoms with E-state index in [1.807, 2.05) is 42.2 Å². The van der Waals surface area contributed by atoms with E-state index in [0.717, 1.165) is 31.2 Å². The van der Waals surface area contributed by atoms with Crippen LogP contribution in [0.3, 0.4) is 0 Å². The summed E-state index contributed by atoms with van der Waals surface area (Å²) in [6.07, 6.45) is 8.67. The van der Waals surface area contributed by atoms with Crippen molar-refractivity contribution in [2.24, 2.45) is 5.92 Å². The normalized spacial score (nSPS) is 23.5. The van der Waals surface area contributed by atoms with Gasteiger partial charge >= 0.3 is 6.03 Å². The van der Waals surface area contributed by atoms with Gasteiger partial charge in [0.25, 0.3) is 5.91 Å². The van der Waals surface area contributed by atoms with Crippen LogP contribution in [0.2, 0.25) is 0 Å². The summed E-state index contributed by atoms with van der Waals surface area (Å²) in [5.41, 5.74) is 0.189. The Labute approximate surface area is 178 Å². The number of rotatable bonds is 5. The maximum absolute atomic E-state index is 13.4. The van der Waals surface area contributed by atoms with Gasteiger partial charge in [-0.05, 0) is 44.1 Å². The lowest BCUT2D eigenvalue weighted by atomic mass is 9.84. The van der Waals surface area contributed by atoms with Crippen molar-refractivity contribution in [3.05, 3.63) is 48.0 Å². The quantitative estimate of drug-likeness (QED) is 0.552. The molecule has 30 heavy (non-hydrogen) atoms. The van der Waals surface area contributed by atoms with Gasteiger partial charge in [-0.2, -0.15) is 0 Å². The second-order valence-electron chi connectivity index (χ2n) is 8.65. The Morgan fingerprint density at radius 1 is 1.10 bits per heavy atom. The van der Waals surface area contributed by atoms with Crippen LogP contribution < -0.4 is 0 Å². The monoisotopic (exact) mass is 409 g/mol. The number of urea groups is 1. The van der Waals surface area contributed by atoms with Crippen LogP contribution >= 0.6 is 0 Å². The number of hydrogen-bond acceptors (Lipinski definition) is 3. The number of likely N-dealkylation sites (tertiary alicyclic amines) is 1. The minimum absolute atomic E-state index is 0.0574. The highest BCUT2D eigenvalue weighted by molar-refractivity contribution is 6.07. The van der Waals surface area contributed by atoms with E-state index in [1.54, 1.807) is 4.90 Å². The number of nitrogens with zero attached hydrogens (tertiary/aromatic N) is 3. The number of carbonyl (C=O) groups is 3. The molecule has 0 bridgehead atoms. The van der Waals surface area contributed by atoms with E-state index in [0.29, 0.717) is 39.0 Å². The van der Waals surface area contributed by atoms with Crippen molar-refractivity contribution in [1.82, 2.24) is 14.7 Å². The molecular weight excluding hydrogens is 378 g/mol. The molecule has 4 rings (SSSR count). The molecule has 2 saturated heterocycles. The number of carbonyl (C=O) groups excluding carboxylic acids is 3. The van der Waals surface area contributed by atoms with Crippen molar-refractivity contribution in [3.63, 3.8) is 0 Å². The zero-order valence-corrected chi connectivity index (χ0v) is 17.8. The first-order valence-corrected chi connectivity index (χ1v) is 11.2. The Morgan fingerprint density at radius 3 is 2.47 bits per heavy atom. The maximum atomic E-state index is 13.4. The van der Waals surface area contributed by atoms with Crippen molar-refractivity contribution in [2.45, 2.75) is 57.5 Å². The molecule has 3 aliphatic rings. The van der Waals surface area contributed by atoms with E-state index >= 15 is 0 Å². The lowest BCUT2D eigenvalue weighted by Crippen LogP contribution is -2.57. The van der Waals surface area contributed by atoms with E-state index in [-0.39, 0.29) is 23.8 Å². The first-order valence-electron chi connectivity index (χ1n) is 11.2. The van der Waals surface area contributed by atoms with E-state index in [1.165, 1.54) is 4.90 Å². The number of amides is 4. The first-order chi connectivity index (χ1) is 14.6. The van der Waals surface area contributed by atoms with Crippen LogP contribution in [-0.4, -0.2) is 57.7 Å². The van der Waals surface area contributed by atoms with Crippen molar-refractivity contribution < 1.29 is 14.4 Å². The summed E-state index contributed by atoms with van der Waals surface area (Å²) in [5, 5.41) is 0. The minimum Gasteiger partial charge on any atom is -0.342 e. The summed E-state index contributed by atoms with van der Waals surface area (Å²) in [7, 11) is 0. The van der Waals surface area contributed by atoms with E-state index in [4.69, 9.17) is 0 Å². The third kappa shape index (κ3) is 3.64. The number of imide groups is 1. The Bertz CT molecular complexity index is 827. The molecule has 0 radical (unpaired) electrons. The van der Waals surface area contributed by atoms with Gasteiger partial charge in [0.1, 0.15) is 5.54 Å². The van der Waals surface area contributed by atoms with Gasteiger partial charge < -0.3 is 9.80 Å². The van der Waals surface area contributed by atoms with Gasteiger partial charge in [0.05, 0.1) is 0 Å². The van der Waals surface area contributed by atoms with Gasteiger partial charge in [0.2, 0.25) is 5.91 Å². The Hall–Kier alpha value is -2.63. The molecule has 0 aromatic heterocycles. The van der Waals surface area contributed by atoms with Gasteiger partial charge in [0, 0.05) is 32.1 Å². The van der Waals surface area contributed by atoms with Crippen LogP contribution in [0.1, 0.15) is 51.0 Å². The van der Waals surface area contributed by atoms with Gasteiger partial charge in [-0.25, -0.2) is 4.79 Å². The minimum atomic E-state index is -0.828. The van der Waals surface area contributed by atoms with Crippen LogP contribution in [-0.2, 0) is 16.1 Å². The van der Waals surface area contributed by atoms with Crippen molar-refractivity contribution in [1.29, 1.82) is 0 Å². The summed E-state index contributed by atoms with van der Waals surface area (Å²) in [6.45, 7) is 3.91. The molecule has 1 aromatic rings. The lowest BCUT2D eigenvalue weighted by molar-refractivity contribution is -0.143. The standard InChI is InChI=1S/C24H31N3O3/c1-2-15-26-22(29)24(27(23(26)30)18-19-9-5-3-6-10-19)13-16-25(17-14-24)21(28)20-11-7-4-8-12-20/h3-7,9-10,20H,2,8,11-18H2,1H3. The fourth-order valence-electron chi connectivity index (χ4n) is 5.04. The SMILES string of the molecule is CCCN1C(=O)N(Cc2ccccc2)C2(CCN(C(=O)C3CC=CCC3)CC2)C1=O. The molecule has 2 aliphatic heterocycles. The molecule has 0 saturated carbocycles. The molecule has 2 heterocycles. The topological polar surface area (TPSA) is 60.9 Å². The molecule has 1 spiro atoms. The molecule has 1 atom stereocenters. The Morgan fingerprint density at radius 2 is 1.83 bits per heavy atom. The first kappa shape index (κ1) is 20.6. The third-order valence-corrected chi connectivity index (χ3v) is 6.77. The summed E-state index contributed by atoms with van der Waals surface area (Å²) in [6, 6.07) is 9.64. The highest BCUT2D eigenvalue weighted by Crippen LogP contribution is 2.39. The lowest BCUT2D eigenvalue weighted by Gasteiger charge is -2.43. The van der Waals surface area contributed by atoms with E-state index in [2.05, 4.69) is 12.2 Å². The van der Waals surface area contributed by atoms with Crippen LogP contribution in [0, 0.1) is 5.92 Å². The second-order valence-corrected chi connectivity index (χ2v) is 8.65. The van der Waals surface area contributed by atoms with Gasteiger partial charge in [-0.15, -0.1) is 0 Å². The largest absolute Gasteiger partial charge is 0.342 e. The van der Waals surface area contributed by atoms with E-state index in [9.17, 15) is 14.4 Å². The third-order valence-electron chi connectivity index (χ3n) is 6.77. The fraction of sp³-hybridized carbons (Fsp3) is 0.542. The zero-order chi connectivity index (χ0) is 21.1. The molecular formula is C24H31N3O3. The predicted molar refractivity (Wildman–Crippen MR) is 114 cm³/mol. The van der Waals surface area contributed by atoms with Crippen LogP contribution in [0.25, 0.3) is 0 Å². The molecule has 1 aromatic carbocycles. The van der Waals surface area contributed by atoms with Crippen LogP contribution in [0.4, 0.5) is 4.79 Å². The molecule has 160 valence electrons. The molecule has 6 nitrogen and oxygen atoms in total. The highest BCUT2D eigenvalue weighted by atomic mass is 16.2.